The van der Waals surface area contributed by atoms with Crippen LogP contribution in [0.5, 0.6) is 0 Å². The van der Waals surface area contributed by atoms with Gasteiger partial charge in [-0.1, -0.05) is 29.8 Å². The third kappa shape index (κ3) is 4.14. The normalized spacial score (nSPS) is 15.8. The monoisotopic (exact) mass is 410 g/mol. The Morgan fingerprint density at radius 3 is 2.66 bits per heavy atom. The van der Waals surface area contributed by atoms with Gasteiger partial charge >= 0.3 is 0 Å². The van der Waals surface area contributed by atoms with Gasteiger partial charge in [-0.2, -0.15) is 5.10 Å². The number of nitrogens with one attached hydrogen (secondary N) is 2. The predicted molar refractivity (Wildman–Crippen MR) is 110 cm³/mol. The summed E-state index contributed by atoms with van der Waals surface area (Å²) in [5.74, 6) is -0.628. The summed E-state index contributed by atoms with van der Waals surface area (Å²) in [6.45, 7) is 1.01. The molecule has 0 saturated carbocycles. The van der Waals surface area contributed by atoms with Crippen LogP contribution in [0.15, 0.2) is 47.6 Å². The molecule has 4 rings (SSSR count). The number of halogens is 1. The first-order valence-corrected chi connectivity index (χ1v) is 9.71. The number of benzene rings is 2. The summed E-state index contributed by atoms with van der Waals surface area (Å²) in [5, 5.41) is 7.15. The Morgan fingerprint density at radius 2 is 1.90 bits per heavy atom. The van der Waals surface area contributed by atoms with Gasteiger partial charge in [0.25, 0.3) is 11.8 Å². The molecule has 0 aliphatic carbocycles. The van der Waals surface area contributed by atoms with Gasteiger partial charge in [0.05, 0.1) is 10.6 Å². The van der Waals surface area contributed by atoms with E-state index < -0.39 is 0 Å². The highest BCUT2D eigenvalue weighted by molar-refractivity contribution is 6.39. The van der Waals surface area contributed by atoms with E-state index in [1.807, 2.05) is 18.2 Å². The smallest absolute Gasteiger partial charge is 0.270 e. The zero-order valence-electron chi connectivity index (χ0n) is 15.6. The van der Waals surface area contributed by atoms with Gasteiger partial charge in [0.15, 0.2) is 0 Å². The lowest BCUT2D eigenvalue weighted by atomic mass is 9.98. The molecule has 2 N–H and O–H groups in total. The molecule has 29 heavy (non-hydrogen) atoms. The van der Waals surface area contributed by atoms with Crippen molar-refractivity contribution in [2.75, 3.05) is 11.9 Å². The van der Waals surface area contributed by atoms with Crippen LogP contribution in [0.25, 0.3) is 0 Å². The van der Waals surface area contributed by atoms with Gasteiger partial charge in [-0.15, -0.1) is 0 Å². The van der Waals surface area contributed by atoms with E-state index in [1.54, 1.807) is 29.2 Å². The molecule has 0 radical (unpaired) electrons. The molecule has 2 aliphatic rings. The van der Waals surface area contributed by atoms with E-state index in [0.717, 1.165) is 17.5 Å². The highest BCUT2D eigenvalue weighted by Crippen LogP contribution is 2.24. The Labute approximate surface area is 172 Å². The van der Waals surface area contributed by atoms with Crippen molar-refractivity contribution in [3.05, 3.63) is 64.2 Å². The molecule has 2 aromatic rings. The van der Waals surface area contributed by atoms with E-state index in [0.29, 0.717) is 41.5 Å². The van der Waals surface area contributed by atoms with Crippen LogP contribution >= 0.6 is 11.6 Å². The molecule has 0 spiro atoms. The zero-order valence-corrected chi connectivity index (χ0v) is 16.3. The summed E-state index contributed by atoms with van der Waals surface area (Å²) in [5.41, 5.74) is 5.90. The Kier molecular flexibility index (Phi) is 5.31. The molecule has 148 valence electrons. The summed E-state index contributed by atoms with van der Waals surface area (Å²) >= 11 is 6.10. The quantitative estimate of drug-likeness (QED) is 0.815. The number of carbonyl (C=O) groups excluding carboxylic acids is 3. The third-order valence-electron chi connectivity index (χ3n) is 5.03. The summed E-state index contributed by atoms with van der Waals surface area (Å²) in [7, 11) is 0. The molecular weight excluding hydrogens is 392 g/mol. The molecule has 0 atom stereocenters. The van der Waals surface area contributed by atoms with Gasteiger partial charge in [-0.05, 0) is 41.8 Å². The standard InChI is InChI=1S/C21H19ClN4O3/c22-17-4-2-1-3-16(17)20(28)23-15-6-5-13-9-10-26(12-14(13)11-15)21(29)18-7-8-19(27)25-24-18/h1-6,11H,7-10,12H2,(H,23,28)(H,25,27). The molecule has 0 unspecified atom stereocenters. The van der Waals surface area contributed by atoms with Crippen molar-refractivity contribution in [2.45, 2.75) is 25.8 Å². The maximum atomic E-state index is 12.7. The maximum Gasteiger partial charge on any atom is 0.270 e. The molecular formula is C21H19ClN4O3. The first-order valence-electron chi connectivity index (χ1n) is 9.33. The van der Waals surface area contributed by atoms with Crippen molar-refractivity contribution < 1.29 is 14.4 Å². The average Bonchev–Trinajstić information content (AvgIpc) is 2.73. The van der Waals surface area contributed by atoms with Gasteiger partial charge in [0.1, 0.15) is 5.71 Å². The van der Waals surface area contributed by atoms with Crippen LogP contribution < -0.4 is 10.7 Å². The minimum Gasteiger partial charge on any atom is -0.333 e. The maximum absolute atomic E-state index is 12.7. The Balaban J connectivity index is 1.48. The van der Waals surface area contributed by atoms with Crippen LogP contribution in [0.1, 0.15) is 34.3 Å². The fraction of sp³-hybridized carbons (Fsp3) is 0.238. The number of rotatable bonds is 3. The highest BCUT2D eigenvalue weighted by atomic mass is 35.5. The van der Waals surface area contributed by atoms with E-state index in [2.05, 4.69) is 15.8 Å². The first kappa shape index (κ1) is 19.1. The van der Waals surface area contributed by atoms with Gasteiger partial charge in [-0.3, -0.25) is 14.4 Å². The number of hydrogen-bond donors (Lipinski definition) is 2. The lowest BCUT2D eigenvalue weighted by molar-refractivity contribution is -0.125. The second-order valence-electron chi connectivity index (χ2n) is 6.99. The zero-order chi connectivity index (χ0) is 20.4. The molecule has 7 nitrogen and oxygen atoms in total. The van der Waals surface area contributed by atoms with Crippen LogP contribution in [-0.4, -0.2) is 34.9 Å². The SMILES string of the molecule is O=C1CCC(C(=O)N2CCc3ccc(NC(=O)c4ccccc4Cl)cc3C2)=NN1. The number of amides is 3. The summed E-state index contributed by atoms with van der Waals surface area (Å²) in [6, 6.07) is 12.6. The summed E-state index contributed by atoms with van der Waals surface area (Å²) in [6.07, 6.45) is 1.34. The Bertz CT molecular complexity index is 1030. The van der Waals surface area contributed by atoms with Crippen LogP contribution in [-0.2, 0) is 22.6 Å². The van der Waals surface area contributed by atoms with E-state index >= 15 is 0 Å². The van der Waals surface area contributed by atoms with Gasteiger partial charge in [0, 0.05) is 31.6 Å². The number of nitrogens with zero attached hydrogens (tertiary/aromatic N) is 2. The van der Waals surface area contributed by atoms with Crippen molar-refractivity contribution in [3.63, 3.8) is 0 Å². The van der Waals surface area contributed by atoms with Gasteiger partial charge in [-0.25, -0.2) is 5.43 Å². The molecule has 0 aromatic heterocycles. The number of hydrogen-bond acceptors (Lipinski definition) is 4. The van der Waals surface area contributed by atoms with Crippen LogP contribution in [0, 0.1) is 0 Å². The lowest BCUT2D eigenvalue weighted by Gasteiger charge is -2.30. The molecule has 2 aliphatic heterocycles. The van der Waals surface area contributed by atoms with Crippen molar-refractivity contribution in [1.82, 2.24) is 10.3 Å². The molecule has 0 bridgehead atoms. The minimum atomic E-state index is -0.286. The van der Waals surface area contributed by atoms with Crippen molar-refractivity contribution in [3.8, 4) is 0 Å². The molecule has 2 aromatic carbocycles. The molecule has 8 heteroatoms. The van der Waals surface area contributed by atoms with Crippen molar-refractivity contribution in [2.24, 2.45) is 5.10 Å². The van der Waals surface area contributed by atoms with Crippen LogP contribution in [0.2, 0.25) is 5.02 Å². The Hall–Kier alpha value is -3.19. The third-order valence-corrected chi connectivity index (χ3v) is 5.36. The minimum absolute atomic E-state index is 0.166. The molecule has 2 heterocycles. The van der Waals surface area contributed by atoms with Gasteiger partial charge < -0.3 is 10.2 Å². The van der Waals surface area contributed by atoms with Gasteiger partial charge in [0.2, 0.25) is 5.91 Å². The molecule has 3 amide bonds. The first-order chi connectivity index (χ1) is 14.0. The van der Waals surface area contributed by atoms with E-state index in [9.17, 15) is 14.4 Å². The summed E-state index contributed by atoms with van der Waals surface area (Å²) < 4.78 is 0. The number of carbonyl (C=O) groups is 3. The lowest BCUT2D eigenvalue weighted by Crippen LogP contribution is -2.42. The fourth-order valence-electron chi connectivity index (χ4n) is 3.46. The fourth-order valence-corrected chi connectivity index (χ4v) is 3.68. The molecule has 0 saturated heterocycles. The number of fused-ring (bicyclic) bond motifs is 1. The largest absolute Gasteiger partial charge is 0.333 e. The van der Waals surface area contributed by atoms with Crippen molar-refractivity contribution in [1.29, 1.82) is 0 Å². The number of anilines is 1. The molecule has 0 fully saturated rings. The van der Waals surface area contributed by atoms with E-state index in [4.69, 9.17) is 11.6 Å². The van der Waals surface area contributed by atoms with Crippen LogP contribution in [0.3, 0.4) is 0 Å². The van der Waals surface area contributed by atoms with Crippen LogP contribution in [0.4, 0.5) is 5.69 Å². The van der Waals surface area contributed by atoms with E-state index in [1.165, 1.54) is 0 Å². The predicted octanol–water partition coefficient (Wildman–Crippen LogP) is 2.74. The van der Waals surface area contributed by atoms with Crippen molar-refractivity contribution >= 4 is 40.7 Å². The topological polar surface area (TPSA) is 90.9 Å². The Morgan fingerprint density at radius 1 is 1.07 bits per heavy atom. The second-order valence-corrected chi connectivity index (χ2v) is 7.39. The highest BCUT2D eigenvalue weighted by Gasteiger charge is 2.26. The van der Waals surface area contributed by atoms with E-state index in [-0.39, 0.29) is 24.1 Å². The average molecular weight is 411 g/mol. The second kappa shape index (κ2) is 8.05. The summed E-state index contributed by atoms with van der Waals surface area (Å²) in [4.78, 5) is 38.2. The number of hydrazone groups is 1.